The molecule has 0 spiro atoms. The summed E-state index contributed by atoms with van der Waals surface area (Å²) in [6.45, 7) is 9.09. The molecule has 0 unspecified atom stereocenters. The van der Waals surface area contributed by atoms with E-state index in [2.05, 4.69) is 6.58 Å². The van der Waals surface area contributed by atoms with Gasteiger partial charge in [-0.3, -0.25) is 4.79 Å². The molecule has 29 valence electrons. The third kappa shape index (κ3) is 9.46. The van der Waals surface area contributed by atoms with E-state index in [0.29, 0.717) is 0 Å². The van der Waals surface area contributed by atoms with Crippen molar-refractivity contribution < 1.29 is 4.79 Å². The summed E-state index contributed by atoms with van der Waals surface area (Å²) < 4.78 is 0. The Morgan fingerprint density at radius 1 is 1.83 bits per heavy atom. The Balaban J connectivity index is 0. The largest absolute Gasteiger partial charge is 0.294 e. The normalized spacial score (nSPS) is 5.50. The third-order valence-corrected chi connectivity index (χ3v) is 0.185. The Bertz CT molecular complexity index is 58.6. The summed E-state index contributed by atoms with van der Waals surface area (Å²) in [6, 6.07) is 0. The maximum Gasteiger partial charge on any atom is 0.164 e. The van der Waals surface area contributed by atoms with E-state index in [1.54, 1.807) is 0 Å². The van der Waals surface area contributed by atoms with Gasteiger partial charge in [-0.25, -0.2) is 0 Å². The Morgan fingerprint density at radius 3 is 2.00 bits per heavy atom. The summed E-state index contributed by atoms with van der Waals surface area (Å²) in [5, 5.41) is 0. The summed E-state index contributed by atoms with van der Waals surface area (Å²) in [4.78, 5) is 9.36. The van der Waals surface area contributed by atoms with E-state index in [1.807, 2.05) is 0 Å². The van der Waals surface area contributed by atoms with Crippen LogP contribution in [-0.4, -0.2) is 16.7 Å². The van der Waals surface area contributed by atoms with Gasteiger partial charge >= 0.3 is 0 Å². The molecule has 0 saturated carbocycles. The number of hydrogen-bond acceptors (Lipinski definition) is 1. The molecular weight excluding hydrogens is 92.1 g/mol. The van der Waals surface area contributed by atoms with Crippen LogP contribution in [0.15, 0.2) is 12.7 Å². The van der Waals surface area contributed by atoms with Crippen LogP contribution in [-0.2, 0) is 4.79 Å². The highest BCUT2D eigenvalue weighted by atomic mass is 28.1. The molecule has 0 amide bonds. The number of hydrogen-bond donors (Lipinski definition) is 0. The van der Waals surface area contributed by atoms with Crippen LogP contribution in [0.5, 0.6) is 0 Å². The molecule has 0 aromatic carbocycles. The van der Waals surface area contributed by atoms with Gasteiger partial charge in [0.1, 0.15) is 0 Å². The Hall–Kier alpha value is -0.373. The number of rotatable bonds is 1. The van der Waals surface area contributed by atoms with E-state index in [0.717, 1.165) is 6.08 Å². The number of carbonyl (C=O) groups excluding carboxylic acids is 1. The zero-order chi connectivity index (χ0) is 4.28. The van der Waals surface area contributed by atoms with Crippen LogP contribution in [0.25, 0.3) is 0 Å². The Kier molecular flexibility index (Phi) is 7.06. The first kappa shape index (κ1) is 9.16. The van der Waals surface area contributed by atoms with Crippen molar-refractivity contribution in [2.24, 2.45) is 0 Å². The monoisotopic (exact) mass is 95.0 g/mol. The summed E-state index contributed by atoms with van der Waals surface area (Å²) in [5.74, 6) is -0.731. The van der Waals surface area contributed by atoms with Gasteiger partial charge in [0.2, 0.25) is 0 Å². The molecule has 0 N–H and O–H groups in total. The molecule has 0 aliphatic heterocycles. The summed E-state index contributed by atoms with van der Waals surface area (Å²) >= 11 is 0. The highest BCUT2D eigenvalue weighted by Crippen LogP contribution is 1.59. The zero-order valence-corrected chi connectivity index (χ0v) is 4.19. The van der Waals surface area contributed by atoms with Crippen molar-refractivity contribution in [1.29, 1.82) is 0 Å². The Morgan fingerprint density at radius 2 is 2.00 bits per heavy atom. The van der Waals surface area contributed by atoms with E-state index in [-0.39, 0.29) is 11.0 Å². The lowest BCUT2D eigenvalue weighted by molar-refractivity contribution is -0.110. The predicted molar refractivity (Wildman–Crippen MR) is 24.2 cm³/mol. The van der Waals surface area contributed by atoms with Gasteiger partial charge in [-0.2, -0.15) is 0 Å². The highest BCUT2D eigenvalue weighted by molar-refractivity contribution is 5.92. The van der Waals surface area contributed by atoms with Gasteiger partial charge in [-0.05, 0) is 6.08 Å². The van der Waals surface area contributed by atoms with E-state index < -0.39 is 5.78 Å². The summed E-state index contributed by atoms with van der Waals surface area (Å²) in [7, 11) is 0. The van der Waals surface area contributed by atoms with Gasteiger partial charge in [0.15, 0.2) is 5.78 Å². The Labute approximate surface area is 42.1 Å². The minimum atomic E-state index is -0.731. The number of allylic oxidation sites excluding steroid dienone is 1. The lowest BCUT2D eigenvalue weighted by Crippen LogP contribution is -1.75. The van der Waals surface area contributed by atoms with Crippen LogP contribution in [0.4, 0.5) is 0 Å². The molecule has 0 aromatic heterocycles. The third-order valence-electron chi connectivity index (χ3n) is 0.185. The van der Waals surface area contributed by atoms with E-state index in [1.165, 1.54) is 0 Å². The SMILES string of the molecule is [C]C(=O)C=C.[Si]. The molecule has 0 saturated heterocycles. The molecule has 7 radical (unpaired) electrons. The van der Waals surface area contributed by atoms with E-state index in [4.69, 9.17) is 6.92 Å². The fourth-order valence-electron chi connectivity index (χ4n) is 0. The summed E-state index contributed by atoms with van der Waals surface area (Å²) in [6.07, 6.45) is 0.944. The molecule has 0 heterocycles. The first-order valence-electron chi connectivity index (χ1n) is 1.15. The second-order valence-electron chi connectivity index (χ2n) is 0.568. The molecule has 0 aromatic rings. The highest BCUT2D eigenvalue weighted by Gasteiger charge is 1.71. The molecule has 0 bridgehead atoms. The molecule has 0 aliphatic rings. The van der Waals surface area contributed by atoms with Gasteiger partial charge in [-0.1, -0.05) is 6.58 Å². The van der Waals surface area contributed by atoms with Crippen LogP contribution in [0, 0.1) is 6.92 Å². The molecule has 6 heavy (non-hydrogen) atoms. The number of carbonyl (C=O) groups is 1. The topological polar surface area (TPSA) is 17.1 Å². The van der Waals surface area contributed by atoms with Gasteiger partial charge in [0.05, 0.1) is 6.92 Å². The van der Waals surface area contributed by atoms with Crippen molar-refractivity contribution in [3.63, 3.8) is 0 Å². The standard InChI is InChI=1S/C4H3O.Si/c1-3-4(2)5;/h3H,1H2;. The lowest BCUT2D eigenvalue weighted by atomic mass is 10.5. The van der Waals surface area contributed by atoms with Gasteiger partial charge < -0.3 is 0 Å². The van der Waals surface area contributed by atoms with Crippen molar-refractivity contribution in [2.45, 2.75) is 0 Å². The summed E-state index contributed by atoms with van der Waals surface area (Å²) in [5.41, 5.74) is 0. The van der Waals surface area contributed by atoms with Crippen LogP contribution in [0.2, 0.25) is 0 Å². The second kappa shape index (κ2) is 4.63. The number of ketones is 1. The molecule has 2 heteroatoms. The zero-order valence-electron chi connectivity index (χ0n) is 3.19. The predicted octanol–water partition coefficient (Wildman–Crippen LogP) is -0.0512. The first-order valence-corrected chi connectivity index (χ1v) is 1.15. The average molecular weight is 95.2 g/mol. The smallest absolute Gasteiger partial charge is 0.164 e. The average Bonchev–Trinajstić information content (AvgIpc) is 1.38. The maximum absolute atomic E-state index is 9.36. The second-order valence-corrected chi connectivity index (χ2v) is 0.568. The van der Waals surface area contributed by atoms with Crippen molar-refractivity contribution in [2.75, 3.05) is 0 Å². The van der Waals surface area contributed by atoms with Crippen LogP contribution in [0.3, 0.4) is 0 Å². The fraction of sp³-hybridized carbons (Fsp3) is 0. The lowest BCUT2D eigenvalue weighted by Gasteiger charge is -1.61. The fourth-order valence-corrected chi connectivity index (χ4v) is 0. The van der Waals surface area contributed by atoms with Gasteiger partial charge in [0.25, 0.3) is 0 Å². The molecular formula is C4H3OSi. The van der Waals surface area contributed by atoms with E-state index >= 15 is 0 Å². The molecule has 0 rings (SSSR count). The molecule has 0 aliphatic carbocycles. The molecule has 0 atom stereocenters. The van der Waals surface area contributed by atoms with Crippen molar-refractivity contribution in [3.05, 3.63) is 19.6 Å². The van der Waals surface area contributed by atoms with Crippen molar-refractivity contribution in [3.8, 4) is 0 Å². The van der Waals surface area contributed by atoms with Crippen molar-refractivity contribution >= 4 is 16.7 Å². The van der Waals surface area contributed by atoms with Crippen LogP contribution < -0.4 is 0 Å². The minimum absolute atomic E-state index is 0. The molecule has 1 nitrogen and oxygen atoms in total. The minimum Gasteiger partial charge on any atom is -0.294 e. The van der Waals surface area contributed by atoms with Gasteiger partial charge in [0, 0.05) is 11.0 Å². The van der Waals surface area contributed by atoms with Gasteiger partial charge in [-0.15, -0.1) is 0 Å². The molecule has 0 fully saturated rings. The van der Waals surface area contributed by atoms with Crippen molar-refractivity contribution in [1.82, 2.24) is 0 Å². The van der Waals surface area contributed by atoms with E-state index in [9.17, 15) is 4.79 Å². The quantitative estimate of drug-likeness (QED) is 0.329. The first-order chi connectivity index (χ1) is 2.27. The van der Waals surface area contributed by atoms with Crippen LogP contribution in [0.1, 0.15) is 0 Å². The van der Waals surface area contributed by atoms with Crippen LogP contribution >= 0.6 is 0 Å². The maximum atomic E-state index is 9.36.